The summed E-state index contributed by atoms with van der Waals surface area (Å²) < 4.78 is 93.5. The number of carbonyl (C=O) groups is 1. The number of alkyl carbamates (subject to hydrolysis) is 1. The van der Waals surface area contributed by atoms with Crippen LogP contribution in [-0.4, -0.2) is 54.6 Å². The van der Waals surface area contributed by atoms with E-state index in [4.69, 9.17) is 9.47 Å². The molecule has 0 aromatic heterocycles. The number of nitrogens with one attached hydrogen (secondary N) is 1. The average Bonchev–Trinajstić information content (AvgIpc) is 2.33. The van der Waals surface area contributed by atoms with Crippen LogP contribution in [0.1, 0.15) is 47.5 Å². The molecule has 0 saturated carbocycles. The monoisotopic (exact) mass is 410 g/mol. The molecule has 0 aliphatic carbocycles. The van der Waals surface area contributed by atoms with Crippen molar-refractivity contribution in [3.63, 3.8) is 0 Å². The molecule has 0 fully saturated rings. The Morgan fingerprint density at radius 1 is 1.04 bits per heavy atom. The number of carbonyl (C=O) groups excluding carboxylic acids is 1. The van der Waals surface area contributed by atoms with Gasteiger partial charge in [-0.1, -0.05) is 0 Å². The summed E-state index contributed by atoms with van der Waals surface area (Å²) in [4.78, 5) is 11.5. The van der Waals surface area contributed by atoms with E-state index in [1.54, 1.807) is 20.8 Å². The van der Waals surface area contributed by atoms with Gasteiger partial charge in [0.1, 0.15) is 5.60 Å². The third-order valence-electron chi connectivity index (χ3n) is 3.04. The fourth-order valence-electron chi connectivity index (χ4n) is 1.64. The highest BCUT2D eigenvalue weighted by molar-refractivity contribution is 7.86. The zero-order valence-electron chi connectivity index (χ0n) is 15.2. The summed E-state index contributed by atoms with van der Waals surface area (Å²) in [5.74, 6) is -5.07. The Labute approximate surface area is 150 Å². The first-order chi connectivity index (χ1) is 11.3. The van der Waals surface area contributed by atoms with Gasteiger partial charge in [-0.15, -0.1) is 0 Å². The molecule has 156 valence electrons. The number of alkyl halides is 4. The standard InChI is InChI=1S/C14H25F4NO6S/c1-11(2,3)25-10(20)19-8-6-12(4,5)24-9-7-13(15,16)14(17,18)26(21,22)23/h6-9H2,1-5H3,(H,19,20)(H,21,22,23)/p-1. The lowest BCUT2D eigenvalue weighted by Crippen LogP contribution is -2.47. The Kier molecular flexibility index (Phi) is 7.89. The summed E-state index contributed by atoms with van der Waals surface area (Å²) in [5, 5.41) is -3.31. The molecule has 0 aromatic rings. The second-order valence-electron chi connectivity index (χ2n) is 7.21. The van der Waals surface area contributed by atoms with Crippen LogP contribution < -0.4 is 5.32 Å². The molecule has 0 spiro atoms. The zero-order valence-corrected chi connectivity index (χ0v) is 16.0. The average molecular weight is 410 g/mol. The van der Waals surface area contributed by atoms with Crippen LogP contribution in [0.2, 0.25) is 0 Å². The van der Waals surface area contributed by atoms with Gasteiger partial charge < -0.3 is 19.3 Å². The van der Waals surface area contributed by atoms with Crippen LogP contribution in [0.3, 0.4) is 0 Å². The minimum atomic E-state index is -6.51. The van der Waals surface area contributed by atoms with Gasteiger partial charge in [-0.2, -0.15) is 17.6 Å². The Morgan fingerprint density at radius 2 is 1.54 bits per heavy atom. The van der Waals surface area contributed by atoms with Crippen molar-refractivity contribution in [2.45, 2.75) is 69.8 Å². The van der Waals surface area contributed by atoms with Gasteiger partial charge in [0.2, 0.25) is 0 Å². The van der Waals surface area contributed by atoms with Crippen LogP contribution in [0.15, 0.2) is 0 Å². The molecule has 0 rings (SSSR count). The van der Waals surface area contributed by atoms with E-state index in [9.17, 15) is 35.3 Å². The highest BCUT2D eigenvalue weighted by Crippen LogP contribution is 2.40. The molecule has 0 saturated heterocycles. The maximum atomic E-state index is 13.3. The number of halogens is 4. The summed E-state index contributed by atoms with van der Waals surface area (Å²) in [6, 6.07) is 0. The lowest BCUT2D eigenvalue weighted by atomic mass is 10.1. The predicted molar refractivity (Wildman–Crippen MR) is 83.1 cm³/mol. The van der Waals surface area contributed by atoms with Crippen LogP contribution in [0.25, 0.3) is 0 Å². The Bertz CT molecular complexity index is 587. The van der Waals surface area contributed by atoms with E-state index in [-0.39, 0.29) is 13.0 Å². The summed E-state index contributed by atoms with van der Waals surface area (Å²) in [6.07, 6.45) is -2.22. The lowest BCUT2D eigenvalue weighted by molar-refractivity contribution is -0.177. The highest BCUT2D eigenvalue weighted by Gasteiger charge is 2.61. The van der Waals surface area contributed by atoms with Crippen molar-refractivity contribution in [3.05, 3.63) is 0 Å². The largest absolute Gasteiger partial charge is 0.743 e. The lowest BCUT2D eigenvalue weighted by Gasteiger charge is -2.30. The Morgan fingerprint density at radius 3 is 1.96 bits per heavy atom. The maximum Gasteiger partial charge on any atom is 0.407 e. The van der Waals surface area contributed by atoms with Crippen molar-refractivity contribution in [3.8, 4) is 0 Å². The Balaban J connectivity index is 4.47. The smallest absolute Gasteiger partial charge is 0.407 e. The van der Waals surface area contributed by atoms with Gasteiger partial charge in [0, 0.05) is 13.0 Å². The van der Waals surface area contributed by atoms with Crippen molar-refractivity contribution < 1.29 is 44.8 Å². The molecule has 12 heteroatoms. The Hall–Kier alpha value is -1.14. The predicted octanol–water partition coefficient (Wildman–Crippen LogP) is 2.86. The van der Waals surface area contributed by atoms with Gasteiger partial charge in [-0.05, 0) is 41.0 Å². The van der Waals surface area contributed by atoms with E-state index < -0.39 is 51.6 Å². The summed E-state index contributed by atoms with van der Waals surface area (Å²) in [5.41, 5.74) is -1.79. The van der Waals surface area contributed by atoms with Crippen LogP contribution >= 0.6 is 0 Å². The topological polar surface area (TPSA) is 105 Å². The van der Waals surface area contributed by atoms with Crippen molar-refractivity contribution in [2.75, 3.05) is 13.2 Å². The second-order valence-corrected chi connectivity index (χ2v) is 8.63. The second kappa shape index (κ2) is 8.26. The third kappa shape index (κ3) is 8.04. The summed E-state index contributed by atoms with van der Waals surface area (Å²) in [7, 11) is -6.51. The van der Waals surface area contributed by atoms with E-state index in [1.165, 1.54) is 13.8 Å². The van der Waals surface area contributed by atoms with Gasteiger partial charge in [-0.3, -0.25) is 0 Å². The molecule has 1 amide bonds. The van der Waals surface area contributed by atoms with Gasteiger partial charge in [0.15, 0.2) is 10.1 Å². The fourth-order valence-corrected chi connectivity index (χ4v) is 2.10. The molecule has 0 aromatic carbocycles. The molecule has 0 bridgehead atoms. The minimum absolute atomic E-state index is 0.0589. The van der Waals surface area contributed by atoms with Crippen molar-refractivity contribution >= 4 is 16.2 Å². The fraction of sp³-hybridized carbons (Fsp3) is 0.929. The van der Waals surface area contributed by atoms with E-state index in [2.05, 4.69) is 5.32 Å². The van der Waals surface area contributed by atoms with Gasteiger partial charge in [0.05, 0.1) is 12.2 Å². The van der Waals surface area contributed by atoms with E-state index in [0.717, 1.165) is 0 Å². The van der Waals surface area contributed by atoms with E-state index in [1.807, 2.05) is 0 Å². The number of hydrogen-bond donors (Lipinski definition) is 1. The molecular weight excluding hydrogens is 386 g/mol. The third-order valence-corrected chi connectivity index (χ3v) is 3.97. The molecule has 26 heavy (non-hydrogen) atoms. The molecule has 0 atom stereocenters. The molecule has 0 aliphatic heterocycles. The number of amides is 1. The molecule has 0 radical (unpaired) electrons. The van der Waals surface area contributed by atoms with Crippen molar-refractivity contribution in [2.24, 2.45) is 0 Å². The first kappa shape index (κ1) is 24.9. The molecule has 0 aliphatic rings. The molecule has 0 unspecified atom stereocenters. The van der Waals surface area contributed by atoms with Gasteiger partial charge in [0.25, 0.3) is 0 Å². The van der Waals surface area contributed by atoms with E-state index >= 15 is 0 Å². The van der Waals surface area contributed by atoms with Crippen LogP contribution in [0.4, 0.5) is 22.4 Å². The molecule has 0 heterocycles. The van der Waals surface area contributed by atoms with Crippen molar-refractivity contribution in [1.82, 2.24) is 5.32 Å². The van der Waals surface area contributed by atoms with Gasteiger partial charge >= 0.3 is 17.3 Å². The minimum Gasteiger partial charge on any atom is -0.743 e. The molecule has 7 nitrogen and oxygen atoms in total. The number of ether oxygens (including phenoxy) is 2. The van der Waals surface area contributed by atoms with Crippen LogP contribution in [0, 0.1) is 0 Å². The zero-order chi connectivity index (χ0) is 21.0. The van der Waals surface area contributed by atoms with Crippen molar-refractivity contribution in [1.29, 1.82) is 0 Å². The van der Waals surface area contributed by atoms with Crippen LogP contribution in [0.5, 0.6) is 0 Å². The SMILES string of the molecule is CC(C)(C)OC(=O)NCCC(C)(C)OCCC(F)(F)C(F)(F)S(=O)(=O)[O-]. The normalized spacial score (nSPS) is 14.2. The first-order valence-electron chi connectivity index (χ1n) is 7.63. The number of hydrogen-bond acceptors (Lipinski definition) is 6. The quantitative estimate of drug-likeness (QED) is 0.463. The first-order valence-corrected chi connectivity index (χ1v) is 9.03. The van der Waals surface area contributed by atoms with E-state index in [0.29, 0.717) is 0 Å². The summed E-state index contributed by atoms with van der Waals surface area (Å²) >= 11 is 0. The van der Waals surface area contributed by atoms with Crippen LogP contribution in [-0.2, 0) is 19.6 Å². The van der Waals surface area contributed by atoms with Gasteiger partial charge in [-0.25, -0.2) is 13.2 Å². The molecular formula is C14H24F4NO6S-. The summed E-state index contributed by atoms with van der Waals surface area (Å²) in [6.45, 7) is 7.06. The number of rotatable bonds is 9. The maximum absolute atomic E-state index is 13.3. The highest BCUT2D eigenvalue weighted by atomic mass is 32.2. The molecule has 1 N–H and O–H groups in total.